The van der Waals surface area contributed by atoms with Crippen molar-refractivity contribution in [2.75, 3.05) is 25.1 Å². The van der Waals surface area contributed by atoms with Gasteiger partial charge in [-0.05, 0) is 75.3 Å². The Hall–Kier alpha value is -2.37. The first kappa shape index (κ1) is 20.9. The van der Waals surface area contributed by atoms with E-state index < -0.39 is 5.97 Å². The van der Waals surface area contributed by atoms with Gasteiger partial charge in [0.2, 0.25) is 11.8 Å². The molecule has 1 aromatic carbocycles. The van der Waals surface area contributed by atoms with Gasteiger partial charge in [-0.2, -0.15) is 0 Å². The zero-order valence-corrected chi connectivity index (χ0v) is 18.0. The van der Waals surface area contributed by atoms with Crippen molar-refractivity contribution < 1.29 is 19.1 Å². The number of amides is 2. The number of methoxy groups -OCH3 is 1. The summed E-state index contributed by atoms with van der Waals surface area (Å²) >= 11 is 0. The third-order valence-electron chi connectivity index (χ3n) is 7.36. The topological polar surface area (TPSA) is 75.7 Å². The van der Waals surface area contributed by atoms with Crippen LogP contribution in [0.5, 0.6) is 0 Å². The van der Waals surface area contributed by atoms with Crippen molar-refractivity contribution in [2.45, 2.75) is 51.9 Å². The fourth-order valence-electron chi connectivity index (χ4n) is 6.47. The number of esters is 1. The smallest absolute Gasteiger partial charge is 0.339 e. The zero-order valence-electron chi connectivity index (χ0n) is 18.0. The number of carbonyl (C=O) groups excluding carboxylic acids is 3. The third kappa shape index (κ3) is 3.84. The number of para-hydroxylation sites is 1. The van der Waals surface area contributed by atoms with Crippen LogP contribution in [0.3, 0.4) is 0 Å². The average molecular weight is 413 g/mol. The van der Waals surface area contributed by atoms with Crippen molar-refractivity contribution in [3.63, 3.8) is 0 Å². The SMILES string of the molecule is CCN(C(=O)CCNC(=O)C12CC3CC(CC(C3)C1)C2)c1ccccc1C(=O)OC. The second kappa shape index (κ2) is 8.40. The lowest BCUT2D eigenvalue weighted by Crippen LogP contribution is -2.53. The molecule has 0 atom stereocenters. The largest absolute Gasteiger partial charge is 0.465 e. The summed E-state index contributed by atoms with van der Waals surface area (Å²) in [6, 6.07) is 6.96. The molecule has 30 heavy (non-hydrogen) atoms. The molecule has 0 aromatic heterocycles. The summed E-state index contributed by atoms with van der Waals surface area (Å²) in [5, 5.41) is 3.07. The molecule has 162 valence electrons. The molecule has 4 fully saturated rings. The lowest BCUT2D eigenvalue weighted by Gasteiger charge is -2.55. The van der Waals surface area contributed by atoms with Gasteiger partial charge in [0.25, 0.3) is 0 Å². The first-order valence-electron chi connectivity index (χ1n) is 11.2. The van der Waals surface area contributed by atoms with Crippen LogP contribution < -0.4 is 10.2 Å². The highest BCUT2D eigenvalue weighted by Gasteiger charge is 2.54. The second-order valence-electron chi connectivity index (χ2n) is 9.35. The van der Waals surface area contributed by atoms with Crippen LogP contribution in [-0.2, 0) is 14.3 Å². The second-order valence-corrected chi connectivity index (χ2v) is 9.35. The molecule has 6 nitrogen and oxygen atoms in total. The maximum absolute atomic E-state index is 13.1. The van der Waals surface area contributed by atoms with E-state index in [1.165, 1.54) is 26.4 Å². The Morgan fingerprint density at radius 3 is 2.23 bits per heavy atom. The van der Waals surface area contributed by atoms with E-state index in [2.05, 4.69) is 5.32 Å². The number of hydrogen-bond donors (Lipinski definition) is 1. The van der Waals surface area contributed by atoms with Gasteiger partial charge in [-0.1, -0.05) is 12.1 Å². The van der Waals surface area contributed by atoms with Crippen LogP contribution in [0.4, 0.5) is 5.69 Å². The standard InChI is InChI=1S/C24H32N2O4/c1-3-26(20-7-5-4-6-19(20)22(28)30-2)21(27)8-9-25-23(29)24-13-16-10-17(14-24)12-18(11-16)15-24/h4-7,16-18H,3,8-15H2,1-2H3,(H,25,29). The molecule has 1 N–H and O–H groups in total. The number of nitrogens with one attached hydrogen (secondary N) is 1. The van der Waals surface area contributed by atoms with E-state index in [0.717, 1.165) is 19.3 Å². The summed E-state index contributed by atoms with van der Waals surface area (Å²) in [4.78, 5) is 39.6. The first-order chi connectivity index (χ1) is 14.5. The van der Waals surface area contributed by atoms with E-state index >= 15 is 0 Å². The highest BCUT2D eigenvalue weighted by molar-refractivity contribution is 6.02. The molecule has 4 saturated carbocycles. The van der Waals surface area contributed by atoms with Gasteiger partial charge in [0.15, 0.2) is 0 Å². The molecule has 1 aromatic rings. The molecule has 0 unspecified atom stereocenters. The average Bonchev–Trinajstić information content (AvgIpc) is 2.73. The van der Waals surface area contributed by atoms with E-state index in [-0.39, 0.29) is 23.7 Å². The van der Waals surface area contributed by atoms with Gasteiger partial charge in [0.1, 0.15) is 0 Å². The van der Waals surface area contributed by atoms with Crippen molar-refractivity contribution in [2.24, 2.45) is 23.2 Å². The molecule has 0 radical (unpaired) electrons. The lowest BCUT2D eigenvalue weighted by molar-refractivity contribution is -0.146. The van der Waals surface area contributed by atoms with E-state index in [1.54, 1.807) is 29.2 Å². The summed E-state index contributed by atoms with van der Waals surface area (Å²) in [6.07, 6.45) is 7.18. The molecule has 0 saturated heterocycles. The molecule has 0 spiro atoms. The van der Waals surface area contributed by atoms with Crippen LogP contribution in [0.1, 0.15) is 62.2 Å². The molecular formula is C24H32N2O4. The van der Waals surface area contributed by atoms with Crippen molar-refractivity contribution in [1.29, 1.82) is 0 Å². The Morgan fingerprint density at radius 2 is 1.67 bits per heavy atom. The van der Waals surface area contributed by atoms with Crippen LogP contribution in [-0.4, -0.2) is 38.0 Å². The molecule has 0 aliphatic heterocycles. The molecule has 2 amide bonds. The number of nitrogens with zero attached hydrogens (tertiary/aromatic N) is 1. The summed E-state index contributed by atoms with van der Waals surface area (Å²) in [5.41, 5.74) is 0.719. The van der Waals surface area contributed by atoms with Gasteiger partial charge in [-0.25, -0.2) is 4.79 Å². The molecule has 4 bridgehead atoms. The molecule has 6 heteroatoms. The van der Waals surface area contributed by atoms with Gasteiger partial charge >= 0.3 is 5.97 Å². The molecular weight excluding hydrogens is 380 g/mol. The maximum Gasteiger partial charge on any atom is 0.339 e. The fourth-order valence-corrected chi connectivity index (χ4v) is 6.47. The van der Waals surface area contributed by atoms with E-state index in [0.29, 0.717) is 42.1 Å². The molecule has 4 aliphatic rings. The van der Waals surface area contributed by atoms with Crippen molar-refractivity contribution in [3.8, 4) is 0 Å². The summed E-state index contributed by atoms with van der Waals surface area (Å²) < 4.78 is 4.85. The highest BCUT2D eigenvalue weighted by atomic mass is 16.5. The molecule has 4 aliphatic carbocycles. The van der Waals surface area contributed by atoms with E-state index in [9.17, 15) is 14.4 Å². The number of benzene rings is 1. The number of anilines is 1. The van der Waals surface area contributed by atoms with E-state index in [1.807, 2.05) is 6.92 Å². The quantitative estimate of drug-likeness (QED) is 0.695. The van der Waals surface area contributed by atoms with Gasteiger partial charge in [0.05, 0.1) is 18.4 Å². The van der Waals surface area contributed by atoms with Gasteiger partial charge in [0, 0.05) is 24.9 Å². The van der Waals surface area contributed by atoms with Crippen LogP contribution in [0.25, 0.3) is 0 Å². The Balaban J connectivity index is 1.36. The Morgan fingerprint density at radius 1 is 1.07 bits per heavy atom. The predicted octanol–water partition coefficient (Wildman–Crippen LogP) is 3.55. The van der Waals surface area contributed by atoms with Crippen molar-refractivity contribution in [1.82, 2.24) is 5.32 Å². The fraction of sp³-hybridized carbons (Fsp3) is 0.625. The minimum Gasteiger partial charge on any atom is -0.465 e. The van der Waals surface area contributed by atoms with Crippen LogP contribution in [0.2, 0.25) is 0 Å². The Kier molecular flexibility index (Phi) is 5.85. The summed E-state index contributed by atoms with van der Waals surface area (Å²) in [6.45, 7) is 2.64. The summed E-state index contributed by atoms with van der Waals surface area (Å²) in [5.74, 6) is 1.72. The third-order valence-corrected chi connectivity index (χ3v) is 7.36. The Bertz CT molecular complexity index is 799. The van der Waals surface area contributed by atoms with Crippen LogP contribution in [0.15, 0.2) is 24.3 Å². The number of hydrogen-bond acceptors (Lipinski definition) is 4. The number of rotatable bonds is 7. The maximum atomic E-state index is 13.1. The highest BCUT2D eigenvalue weighted by Crippen LogP contribution is 2.60. The lowest BCUT2D eigenvalue weighted by atomic mass is 9.49. The number of carbonyl (C=O) groups is 3. The minimum atomic E-state index is -0.466. The van der Waals surface area contributed by atoms with Gasteiger partial charge in [-0.15, -0.1) is 0 Å². The van der Waals surface area contributed by atoms with Crippen LogP contribution in [0, 0.1) is 23.2 Å². The predicted molar refractivity (Wildman–Crippen MR) is 114 cm³/mol. The minimum absolute atomic E-state index is 0.111. The van der Waals surface area contributed by atoms with E-state index in [4.69, 9.17) is 4.74 Å². The Labute approximate surface area is 178 Å². The van der Waals surface area contributed by atoms with Gasteiger partial charge < -0.3 is 15.0 Å². The normalized spacial score (nSPS) is 28.8. The first-order valence-corrected chi connectivity index (χ1v) is 11.2. The monoisotopic (exact) mass is 412 g/mol. The summed E-state index contributed by atoms with van der Waals surface area (Å²) in [7, 11) is 1.33. The van der Waals surface area contributed by atoms with Gasteiger partial charge in [-0.3, -0.25) is 9.59 Å². The van der Waals surface area contributed by atoms with Crippen molar-refractivity contribution in [3.05, 3.63) is 29.8 Å². The van der Waals surface area contributed by atoms with Crippen molar-refractivity contribution >= 4 is 23.5 Å². The molecule has 5 rings (SSSR count). The number of ether oxygens (including phenoxy) is 1. The van der Waals surface area contributed by atoms with Crippen LogP contribution >= 0.6 is 0 Å². The molecule has 0 heterocycles. The zero-order chi connectivity index (χ0) is 21.3.